The molecule has 6 aromatic carbocycles. The second-order valence-corrected chi connectivity index (χ2v) is 24.1. The molecule has 0 saturated heterocycles. The summed E-state index contributed by atoms with van der Waals surface area (Å²) in [5, 5.41) is 12.9. The number of aromatic nitrogens is 3. The average Bonchev–Trinajstić information content (AvgIpc) is 3.74. The molecular formula is C66H65BN5OPt-. The Morgan fingerprint density at radius 1 is 0.595 bits per heavy atom. The van der Waals surface area contributed by atoms with Crippen LogP contribution in [0, 0.1) is 6.07 Å². The number of para-hydroxylation sites is 1. The molecule has 6 nitrogen and oxygen atoms in total. The molecule has 0 spiro atoms. The van der Waals surface area contributed by atoms with Crippen LogP contribution in [-0.4, -0.2) is 31.3 Å². The smallest absolute Gasteiger partial charge is 0.335 e. The van der Waals surface area contributed by atoms with Crippen LogP contribution in [0.2, 0.25) is 0 Å². The van der Waals surface area contributed by atoms with Gasteiger partial charge in [-0.15, -0.1) is 28.7 Å². The number of benzene rings is 6. The molecule has 0 unspecified atom stereocenters. The van der Waals surface area contributed by atoms with E-state index in [-0.39, 0.29) is 48.5 Å². The molecule has 0 bridgehead atoms. The van der Waals surface area contributed by atoms with E-state index in [1.54, 1.807) is 0 Å². The zero-order chi connectivity index (χ0) is 51.4. The van der Waals surface area contributed by atoms with Gasteiger partial charge in [-0.3, -0.25) is 4.57 Å². The van der Waals surface area contributed by atoms with Gasteiger partial charge in [0.1, 0.15) is 11.6 Å². The van der Waals surface area contributed by atoms with E-state index in [1.165, 1.54) is 11.1 Å². The number of aromatic hydroxyl groups is 1. The molecule has 8 aromatic rings. The van der Waals surface area contributed by atoms with E-state index in [0.717, 1.165) is 90.0 Å². The van der Waals surface area contributed by atoms with Crippen LogP contribution in [0.3, 0.4) is 0 Å². The van der Waals surface area contributed by atoms with Gasteiger partial charge in [-0.25, -0.2) is 4.98 Å². The number of imidazole rings is 1. The molecule has 5 heterocycles. The summed E-state index contributed by atoms with van der Waals surface area (Å²) >= 11 is 0. The van der Waals surface area contributed by atoms with E-state index in [2.05, 4.69) is 267 Å². The van der Waals surface area contributed by atoms with Gasteiger partial charge < -0.3 is 19.8 Å². The molecule has 0 fully saturated rings. The van der Waals surface area contributed by atoms with Crippen molar-refractivity contribution in [2.75, 3.05) is 4.90 Å². The van der Waals surface area contributed by atoms with E-state index in [0.29, 0.717) is 11.4 Å². The fourth-order valence-electron chi connectivity index (χ4n) is 10.8. The Labute approximate surface area is 453 Å². The molecule has 1 N–H and O–H groups in total. The van der Waals surface area contributed by atoms with Gasteiger partial charge >= 0.3 is 6.85 Å². The predicted octanol–water partition coefficient (Wildman–Crippen LogP) is 15.0. The maximum absolute atomic E-state index is 12.9. The minimum Gasteiger partial charge on any atom is -0.507 e. The first-order valence-electron chi connectivity index (χ1n) is 25.7. The van der Waals surface area contributed by atoms with Crippen LogP contribution < -0.4 is 16.0 Å². The van der Waals surface area contributed by atoms with Crippen molar-refractivity contribution in [2.24, 2.45) is 0 Å². The summed E-state index contributed by atoms with van der Waals surface area (Å²) in [6, 6.07) is 53.9. The van der Waals surface area contributed by atoms with Crippen molar-refractivity contribution in [3.8, 4) is 56.3 Å². The molecule has 0 radical (unpaired) electrons. The van der Waals surface area contributed by atoms with Crippen LogP contribution in [0.5, 0.6) is 5.75 Å². The Kier molecular flexibility index (Phi) is 12.6. The first kappa shape index (κ1) is 50.6. The van der Waals surface area contributed by atoms with Gasteiger partial charge in [0.05, 0.1) is 28.4 Å². The molecule has 3 aliphatic heterocycles. The van der Waals surface area contributed by atoms with E-state index >= 15 is 0 Å². The number of phenols is 1. The van der Waals surface area contributed by atoms with E-state index in [1.807, 2.05) is 6.20 Å². The van der Waals surface area contributed by atoms with Crippen molar-refractivity contribution < 1.29 is 26.2 Å². The summed E-state index contributed by atoms with van der Waals surface area (Å²) in [6.45, 7) is 26.6. The summed E-state index contributed by atoms with van der Waals surface area (Å²) in [5.74, 6) is 1.96. The molecule has 2 aromatic heterocycles. The van der Waals surface area contributed by atoms with Crippen LogP contribution >= 0.6 is 0 Å². The van der Waals surface area contributed by atoms with Crippen LogP contribution in [0.15, 0.2) is 175 Å². The third-order valence-electron chi connectivity index (χ3n) is 14.8. The third kappa shape index (κ3) is 8.81. The Bertz CT molecular complexity index is 3560. The van der Waals surface area contributed by atoms with Gasteiger partial charge in [-0.1, -0.05) is 186 Å². The van der Waals surface area contributed by atoms with Crippen molar-refractivity contribution >= 4 is 35.4 Å². The van der Waals surface area contributed by atoms with Crippen molar-refractivity contribution in [1.82, 2.24) is 19.3 Å². The SMILES string of the molecule is CC(C)(C)c1ccc(-n2c(-c3cc(C(C)(C)C)cc(C(C)(C)C)c3O)nc3c2C=C2C=CC=C4N2B3c2[c-]c(-c3cc(-c5ccccc5)ccn3)cc(C(C)(C)C)c2N4c2ccccc2)c(-c2ccccc2)c1.[Pt]. The number of phenolic OH excluding ortho intramolecular Hbond substituents is 1. The summed E-state index contributed by atoms with van der Waals surface area (Å²) in [7, 11) is 0. The summed E-state index contributed by atoms with van der Waals surface area (Å²) < 4.78 is 2.34. The second-order valence-electron chi connectivity index (χ2n) is 24.1. The fourth-order valence-corrected chi connectivity index (χ4v) is 10.8. The van der Waals surface area contributed by atoms with Crippen molar-refractivity contribution in [1.29, 1.82) is 0 Å². The maximum atomic E-state index is 12.9. The van der Waals surface area contributed by atoms with Crippen LogP contribution in [0.4, 0.5) is 11.4 Å². The first-order chi connectivity index (χ1) is 34.7. The molecule has 0 atom stereocenters. The number of nitrogens with zero attached hydrogens (tertiary/aromatic N) is 5. The molecule has 74 heavy (non-hydrogen) atoms. The van der Waals surface area contributed by atoms with Gasteiger partial charge in [-0.05, 0) is 115 Å². The number of hydrogen-bond acceptors (Lipinski definition) is 5. The number of rotatable bonds is 6. The molecule has 3 aliphatic rings. The monoisotopic (exact) mass is 1150 g/mol. The van der Waals surface area contributed by atoms with E-state index in [4.69, 9.17) is 9.97 Å². The molecule has 8 heteroatoms. The molecule has 0 aliphatic carbocycles. The van der Waals surface area contributed by atoms with Crippen LogP contribution in [-0.2, 0) is 42.7 Å². The molecular weight excluding hydrogens is 1080 g/mol. The summed E-state index contributed by atoms with van der Waals surface area (Å²) in [6.07, 6.45) is 10.9. The summed E-state index contributed by atoms with van der Waals surface area (Å²) in [5.41, 5.74) is 17.3. The summed E-state index contributed by atoms with van der Waals surface area (Å²) in [4.78, 5) is 15.9. The van der Waals surface area contributed by atoms with Gasteiger partial charge in [0, 0.05) is 49.8 Å². The zero-order valence-electron chi connectivity index (χ0n) is 44.7. The van der Waals surface area contributed by atoms with Gasteiger partial charge in [0.15, 0.2) is 0 Å². The van der Waals surface area contributed by atoms with Gasteiger partial charge in [-0.2, -0.15) is 0 Å². The number of fused-ring (bicyclic) bond motifs is 4. The number of allylic oxidation sites excluding steroid dienone is 3. The van der Waals surface area contributed by atoms with Crippen molar-refractivity contribution in [3.05, 3.63) is 209 Å². The van der Waals surface area contributed by atoms with Crippen LogP contribution in [0.25, 0.3) is 56.7 Å². The number of pyridine rings is 1. The second kappa shape index (κ2) is 18.5. The zero-order valence-corrected chi connectivity index (χ0v) is 47.0. The largest absolute Gasteiger partial charge is 0.507 e. The Morgan fingerprint density at radius 3 is 1.85 bits per heavy atom. The fraction of sp³-hybridized carbons (Fsp3) is 0.242. The molecule has 374 valence electrons. The van der Waals surface area contributed by atoms with Crippen molar-refractivity contribution in [3.63, 3.8) is 0 Å². The standard InChI is InChI=1S/C66H65BN5O.Pt/c1-63(2,3)46-31-32-56(50(38-46)43-25-18-14-19-26-43)71-57-41-49-29-22-30-58-70(48-27-20-15-21-28-48)59-52(65(7,8)9)35-45(55-37-44(33-34-68-55)42-23-16-13-17-24-42)36-54(59)67(72(49)58)61(57)69-62(71)51-39-47(64(4,5)6)40-53(60(51)73)66(10,11)12;/h13-35,37-41,73H,1-12H3;/q-1;. The Hall–Kier alpha value is -6.95. The van der Waals surface area contributed by atoms with E-state index < -0.39 is 6.85 Å². The third-order valence-corrected chi connectivity index (χ3v) is 14.8. The minimum atomic E-state index is -0.427. The quantitative estimate of drug-likeness (QED) is 0.133. The van der Waals surface area contributed by atoms with Crippen LogP contribution in [0.1, 0.15) is 111 Å². The topological polar surface area (TPSA) is 57.4 Å². The van der Waals surface area contributed by atoms with Gasteiger partial charge in [0.2, 0.25) is 0 Å². The predicted molar refractivity (Wildman–Crippen MR) is 305 cm³/mol. The molecule has 11 rings (SSSR count). The minimum absolute atomic E-state index is 0. The van der Waals surface area contributed by atoms with Crippen molar-refractivity contribution in [2.45, 2.75) is 105 Å². The molecule has 0 saturated carbocycles. The average molecular weight is 1150 g/mol. The number of hydrogen-bond donors (Lipinski definition) is 1. The van der Waals surface area contributed by atoms with Gasteiger partial charge in [0.25, 0.3) is 0 Å². The molecule has 0 amide bonds. The maximum Gasteiger partial charge on any atom is 0.335 e. The Morgan fingerprint density at radius 2 is 1.22 bits per heavy atom. The van der Waals surface area contributed by atoms with E-state index in [9.17, 15) is 5.11 Å². The normalized spacial score (nSPS) is 14.2. The number of anilines is 2. The first-order valence-corrected chi connectivity index (χ1v) is 25.7. The Balaban J connectivity index is 0.00000626.